The second-order valence-electron chi connectivity index (χ2n) is 7.61. The summed E-state index contributed by atoms with van der Waals surface area (Å²) in [4.78, 5) is 13.3. The molecule has 0 saturated carbocycles. The lowest BCUT2D eigenvalue weighted by Gasteiger charge is -2.35. The van der Waals surface area contributed by atoms with E-state index in [1.807, 2.05) is 30.3 Å². The normalized spacial score (nSPS) is 20.5. The fourth-order valence-corrected chi connectivity index (χ4v) is 5.91. The van der Waals surface area contributed by atoms with Gasteiger partial charge in [-0.2, -0.15) is 4.31 Å². The first-order valence-electron chi connectivity index (χ1n) is 10.3. The van der Waals surface area contributed by atoms with E-state index in [9.17, 15) is 18.3 Å². The van der Waals surface area contributed by atoms with Crippen molar-refractivity contribution in [3.05, 3.63) is 53.6 Å². The summed E-state index contributed by atoms with van der Waals surface area (Å²) in [7, 11) is -3.89. The molecule has 0 bridgehead atoms. The van der Waals surface area contributed by atoms with Gasteiger partial charge in [-0.1, -0.05) is 37.3 Å². The number of fused-ring (bicyclic) bond motifs is 2. The molecule has 0 radical (unpaired) electrons. The molecule has 166 valence electrons. The van der Waals surface area contributed by atoms with Crippen LogP contribution in [0.25, 0.3) is 0 Å². The van der Waals surface area contributed by atoms with Gasteiger partial charge >= 0.3 is 0 Å². The number of likely N-dealkylation sites (N-methyl/N-ethyl adjacent to an activating group) is 1. The minimum Gasteiger partial charge on any atom is -0.486 e. The van der Waals surface area contributed by atoms with Gasteiger partial charge in [0.05, 0.1) is 17.5 Å². The van der Waals surface area contributed by atoms with E-state index in [2.05, 4.69) is 5.32 Å². The van der Waals surface area contributed by atoms with Crippen LogP contribution in [-0.4, -0.2) is 62.2 Å². The summed E-state index contributed by atoms with van der Waals surface area (Å²) in [6.45, 7) is 2.35. The van der Waals surface area contributed by atoms with Crippen LogP contribution in [-0.2, 0) is 27.7 Å². The van der Waals surface area contributed by atoms with Gasteiger partial charge in [-0.3, -0.25) is 4.79 Å². The number of hydrogen-bond donors (Lipinski definition) is 2. The molecule has 2 atom stereocenters. The van der Waals surface area contributed by atoms with Gasteiger partial charge in [0.1, 0.15) is 19.3 Å². The van der Waals surface area contributed by atoms with E-state index in [-0.39, 0.29) is 24.5 Å². The summed E-state index contributed by atoms with van der Waals surface area (Å²) < 4.78 is 38.9. The molecule has 2 N–H and O–H groups in total. The number of nitrogens with one attached hydrogen (secondary N) is 1. The van der Waals surface area contributed by atoms with Gasteiger partial charge in [0.2, 0.25) is 15.9 Å². The Balaban J connectivity index is 1.60. The molecule has 1 amide bonds. The topological polar surface area (TPSA) is 105 Å². The van der Waals surface area contributed by atoms with E-state index in [1.165, 1.54) is 10.4 Å². The van der Waals surface area contributed by atoms with Gasteiger partial charge in [-0.25, -0.2) is 8.42 Å². The zero-order valence-electron chi connectivity index (χ0n) is 17.3. The second-order valence-corrected chi connectivity index (χ2v) is 9.47. The van der Waals surface area contributed by atoms with Gasteiger partial charge in [0.15, 0.2) is 11.5 Å². The van der Waals surface area contributed by atoms with Crippen molar-refractivity contribution in [2.24, 2.45) is 0 Å². The Morgan fingerprint density at radius 2 is 1.87 bits per heavy atom. The highest BCUT2D eigenvalue weighted by Crippen LogP contribution is 2.39. The molecule has 31 heavy (non-hydrogen) atoms. The van der Waals surface area contributed by atoms with Crippen LogP contribution in [0.5, 0.6) is 11.5 Å². The molecule has 9 heteroatoms. The van der Waals surface area contributed by atoms with Crippen LogP contribution < -0.4 is 14.8 Å². The Bertz CT molecular complexity index is 1060. The number of aliphatic hydroxyl groups is 1. The predicted octanol–water partition coefficient (Wildman–Crippen LogP) is 1.11. The lowest BCUT2D eigenvalue weighted by molar-refractivity contribution is -0.126. The predicted molar refractivity (Wildman–Crippen MR) is 114 cm³/mol. The fraction of sp³-hybridized carbons (Fsp3) is 0.409. The Hall–Kier alpha value is -2.62. The van der Waals surface area contributed by atoms with Gasteiger partial charge in [0, 0.05) is 12.6 Å². The summed E-state index contributed by atoms with van der Waals surface area (Å²) in [5, 5.41) is 12.6. The van der Waals surface area contributed by atoms with Crippen molar-refractivity contribution in [3.63, 3.8) is 0 Å². The third-order valence-electron chi connectivity index (χ3n) is 5.58. The van der Waals surface area contributed by atoms with Gasteiger partial charge < -0.3 is 19.9 Å². The first-order valence-corrected chi connectivity index (χ1v) is 11.8. The highest BCUT2D eigenvalue weighted by atomic mass is 32.2. The molecule has 0 aliphatic carbocycles. The van der Waals surface area contributed by atoms with Crippen molar-refractivity contribution in [3.8, 4) is 11.5 Å². The van der Waals surface area contributed by atoms with Crippen molar-refractivity contribution >= 4 is 15.9 Å². The Labute approximate surface area is 181 Å². The van der Waals surface area contributed by atoms with E-state index in [0.29, 0.717) is 36.7 Å². The Morgan fingerprint density at radius 3 is 2.52 bits per heavy atom. The summed E-state index contributed by atoms with van der Waals surface area (Å²) in [5.41, 5.74) is 1.50. The van der Waals surface area contributed by atoms with Crippen LogP contribution in [0.4, 0.5) is 0 Å². The summed E-state index contributed by atoms with van der Waals surface area (Å²) in [6, 6.07) is 11.2. The number of carbonyl (C=O) groups excluding carboxylic acids is 1. The van der Waals surface area contributed by atoms with Crippen LogP contribution in [0.3, 0.4) is 0 Å². The lowest BCUT2D eigenvalue weighted by Crippen LogP contribution is -2.55. The quantitative estimate of drug-likeness (QED) is 0.689. The number of rotatable bonds is 6. The molecule has 8 nitrogen and oxygen atoms in total. The largest absolute Gasteiger partial charge is 0.486 e. The van der Waals surface area contributed by atoms with Crippen molar-refractivity contribution in [1.29, 1.82) is 0 Å². The maximum Gasteiger partial charge on any atom is 0.244 e. The molecule has 2 aliphatic rings. The fourth-order valence-electron chi connectivity index (χ4n) is 4.09. The number of amides is 1. The summed E-state index contributed by atoms with van der Waals surface area (Å²) in [5.74, 6) is 0.457. The molecule has 0 saturated heterocycles. The molecule has 2 aromatic rings. The van der Waals surface area contributed by atoms with E-state index in [1.54, 1.807) is 13.0 Å². The molecule has 0 fully saturated rings. The third-order valence-corrected chi connectivity index (χ3v) is 7.64. The second kappa shape index (κ2) is 8.86. The van der Waals surface area contributed by atoms with Crippen molar-refractivity contribution < 1.29 is 27.8 Å². The first kappa shape index (κ1) is 21.6. The van der Waals surface area contributed by atoms with Gasteiger partial charge in [-0.05, 0) is 30.0 Å². The number of ether oxygens (including phenoxy) is 2. The molecule has 4 rings (SSSR count). The van der Waals surface area contributed by atoms with E-state index in [0.717, 1.165) is 5.56 Å². The number of hydrogen-bond acceptors (Lipinski definition) is 6. The third kappa shape index (κ3) is 4.26. The van der Waals surface area contributed by atoms with E-state index >= 15 is 0 Å². The minimum atomic E-state index is -3.89. The first-order chi connectivity index (χ1) is 14.9. The molecule has 0 spiro atoms. The average molecular weight is 447 g/mol. The average Bonchev–Trinajstić information content (AvgIpc) is 2.77. The van der Waals surface area contributed by atoms with Crippen LogP contribution >= 0.6 is 0 Å². The smallest absolute Gasteiger partial charge is 0.244 e. The minimum absolute atomic E-state index is 0.144. The molecule has 0 aromatic heterocycles. The number of aliphatic hydroxyl groups excluding tert-OH is 1. The summed E-state index contributed by atoms with van der Waals surface area (Å²) >= 11 is 0. The number of sulfonamides is 1. The highest BCUT2D eigenvalue weighted by molar-refractivity contribution is 7.89. The number of carbonyl (C=O) groups is 1. The highest BCUT2D eigenvalue weighted by Gasteiger charge is 2.42. The maximum absolute atomic E-state index is 13.3. The standard InChI is InChI=1S/C22H26N2O6S/c1-2-24-18(22(26)23-17(14-25)10-15-6-4-3-5-7-15)11-16-12-19-20(30-9-8-29-19)13-21(16)31(24,27)28/h3-7,12-13,17-18,25H,2,8-11,14H2,1H3,(H,23,26)/t17-,18+/m0/s1. The van der Waals surface area contributed by atoms with E-state index in [4.69, 9.17) is 9.47 Å². The molecule has 2 aromatic carbocycles. The summed E-state index contributed by atoms with van der Waals surface area (Å²) in [6.07, 6.45) is 0.665. The monoisotopic (exact) mass is 446 g/mol. The van der Waals surface area contributed by atoms with Crippen molar-refractivity contribution in [2.45, 2.75) is 36.7 Å². The Morgan fingerprint density at radius 1 is 1.19 bits per heavy atom. The van der Waals surface area contributed by atoms with Gasteiger partial charge in [-0.15, -0.1) is 0 Å². The molecule has 2 heterocycles. The van der Waals surface area contributed by atoms with Gasteiger partial charge in [0.25, 0.3) is 0 Å². The lowest BCUT2D eigenvalue weighted by atomic mass is 10.0. The molecule has 2 aliphatic heterocycles. The van der Waals surface area contributed by atoms with E-state index < -0.39 is 28.0 Å². The molecular formula is C22H26N2O6S. The van der Waals surface area contributed by atoms with Crippen molar-refractivity contribution in [2.75, 3.05) is 26.4 Å². The van der Waals surface area contributed by atoms with Crippen LogP contribution in [0.1, 0.15) is 18.1 Å². The number of nitrogens with zero attached hydrogens (tertiary/aromatic N) is 1. The zero-order chi connectivity index (χ0) is 22.0. The Kier molecular flexibility index (Phi) is 6.17. The SMILES string of the molecule is CCN1[C@@H](C(=O)N[C@H](CO)Cc2ccccc2)Cc2cc3c(cc2S1(=O)=O)OCCO3. The molecular weight excluding hydrogens is 420 g/mol. The zero-order valence-corrected chi connectivity index (χ0v) is 18.1. The number of benzene rings is 2. The van der Waals surface area contributed by atoms with Crippen LogP contribution in [0.2, 0.25) is 0 Å². The van der Waals surface area contributed by atoms with Crippen molar-refractivity contribution in [1.82, 2.24) is 9.62 Å². The maximum atomic E-state index is 13.3. The molecule has 0 unspecified atom stereocenters. The van der Waals surface area contributed by atoms with Crippen LogP contribution in [0.15, 0.2) is 47.4 Å². The van der Waals surface area contributed by atoms with Crippen LogP contribution in [0, 0.1) is 0 Å².